The summed E-state index contributed by atoms with van der Waals surface area (Å²) in [5.41, 5.74) is 6.06. The number of hydrogen-bond donors (Lipinski definition) is 2. The lowest BCUT2D eigenvalue weighted by Gasteiger charge is -2.36. The first-order chi connectivity index (χ1) is 9.06. The third-order valence-corrected chi connectivity index (χ3v) is 3.66. The normalized spacial score (nSPS) is 18.3. The molecule has 0 atom stereocenters. The van der Waals surface area contributed by atoms with Crippen molar-refractivity contribution in [2.75, 3.05) is 31.7 Å². The second-order valence-electron chi connectivity index (χ2n) is 5.13. The maximum absolute atomic E-state index is 13.7. The van der Waals surface area contributed by atoms with E-state index in [-0.39, 0.29) is 12.4 Å². The van der Waals surface area contributed by atoms with E-state index >= 15 is 0 Å². The lowest BCUT2D eigenvalue weighted by molar-refractivity contribution is -0.0572. The number of aliphatic hydroxyl groups is 1. The lowest BCUT2D eigenvalue weighted by Crippen LogP contribution is -2.46. The molecule has 1 saturated heterocycles. The van der Waals surface area contributed by atoms with Crippen LogP contribution in [0.25, 0.3) is 0 Å². The summed E-state index contributed by atoms with van der Waals surface area (Å²) in [4.78, 5) is 1.87. The summed E-state index contributed by atoms with van der Waals surface area (Å²) in [6, 6.07) is 4.89. The molecule has 106 valence electrons. The Kier molecular flexibility index (Phi) is 4.39. The van der Waals surface area contributed by atoms with Gasteiger partial charge >= 0.3 is 0 Å². The summed E-state index contributed by atoms with van der Waals surface area (Å²) in [6.07, 6.45) is 1.20. The minimum Gasteiger partial charge on any atom is -0.388 e. The molecule has 0 amide bonds. The van der Waals surface area contributed by atoms with E-state index in [9.17, 15) is 9.50 Å². The highest BCUT2D eigenvalue weighted by molar-refractivity contribution is 5.54. The fourth-order valence-electron chi connectivity index (χ4n) is 2.54. The molecule has 1 aromatic rings. The van der Waals surface area contributed by atoms with Crippen LogP contribution in [0.4, 0.5) is 10.1 Å². The molecule has 4 nitrogen and oxygen atoms in total. The molecule has 1 aliphatic rings. The van der Waals surface area contributed by atoms with Gasteiger partial charge in [0.25, 0.3) is 0 Å². The summed E-state index contributed by atoms with van der Waals surface area (Å²) in [7, 11) is 1.85. The van der Waals surface area contributed by atoms with Crippen LogP contribution >= 0.6 is 0 Å². The van der Waals surface area contributed by atoms with Crippen molar-refractivity contribution in [1.82, 2.24) is 0 Å². The lowest BCUT2D eigenvalue weighted by atomic mass is 9.93. The van der Waals surface area contributed by atoms with Crippen LogP contribution in [0.3, 0.4) is 0 Å². The van der Waals surface area contributed by atoms with Gasteiger partial charge in [-0.05, 0) is 12.1 Å². The maximum atomic E-state index is 13.7. The molecule has 1 fully saturated rings. The molecule has 2 rings (SSSR count). The molecule has 0 bridgehead atoms. The highest BCUT2D eigenvalue weighted by atomic mass is 19.1. The standard InChI is InChI=1S/C14H21FN2O2/c1-17(10-14(18)5-7-19-8-6-14)13-4-2-3-12(15)11(13)9-16/h2-4,18H,5-10,16H2,1H3. The molecule has 0 unspecified atom stereocenters. The molecule has 0 aromatic heterocycles. The van der Waals surface area contributed by atoms with Gasteiger partial charge in [-0.15, -0.1) is 0 Å². The van der Waals surface area contributed by atoms with Crippen molar-refractivity contribution in [1.29, 1.82) is 0 Å². The molecular formula is C14H21FN2O2. The fraction of sp³-hybridized carbons (Fsp3) is 0.571. The molecule has 0 saturated carbocycles. The summed E-state index contributed by atoms with van der Waals surface area (Å²) in [5.74, 6) is -0.300. The summed E-state index contributed by atoms with van der Waals surface area (Å²) >= 11 is 0. The molecule has 1 aliphatic heterocycles. The number of halogens is 1. The van der Waals surface area contributed by atoms with E-state index in [1.54, 1.807) is 6.07 Å². The van der Waals surface area contributed by atoms with Crippen LogP contribution < -0.4 is 10.6 Å². The number of likely N-dealkylation sites (N-methyl/N-ethyl adjacent to an activating group) is 1. The topological polar surface area (TPSA) is 58.7 Å². The molecule has 19 heavy (non-hydrogen) atoms. The van der Waals surface area contributed by atoms with Crippen LogP contribution in [0.5, 0.6) is 0 Å². The van der Waals surface area contributed by atoms with Gasteiger partial charge in [0.1, 0.15) is 5.82 Å². The number of hydrogen-bond acceptors (Lipinski definition) is 4. The Hall–Kier alpha value is -1.17. The van der Waals surface area contributed by atoms with Crippen molar-refractivity contribution in [2.45, 2.75) is 25.0 Å². The molecule has 0 radical (unpaired) electrons. The van der Waals surface area contributed by atoms with Crippen molar-refractivity contribution in [3.05, 3.63) is 29.6 Å². The molecule has 0 spiro atoms. The van der Waals surface area contributed by atoms with Crippen LogP contribution in [-0.4, -0.2) is 37.5 Å². The van der Waals surface area contributed by atoms with E-state index in [1.807, 2.05) is 18.0 Å². The molecule has 0 aliphatic carbocycles. The SMILES string of the molecule is CN(CC1(O)CCOCC1)c1cccc(F)c1CN. The van der Waals surface area contributed by atoms with Gasteiger partial charge in [-0.3, -0.25) is 0 Å². The van der Waals surface area contributed by atoms with Gasteiger partial charge in [0.2, 0.25) is 0 Å². The minimum absolute atomic E-state index is 0.147. The highest BCUT2D eigenvalue weighted by Crippen LogP contribution is 2.27. The Labute approximate surface area is 113 Å². The number of rotatable bonds is 4. The van der Waals surface area contributed by atoms with Crippen LogP contribution in [0.1, 0.15) is 18.4 Å². The van der Waals surface area contributed by atoms with E-state index in [1.165, 1.54) is 6.07 Å². The van der Waals surface area contributed by atoms with Crippen LogP contribution in [-0.2, 0) is 11.3 Å². The third-order valence-electron chi connectivity index (χ3n) is 3.66. The van der Waals surface area contributed by atoms with Crippen LogP contribution in [0.2, 0.25) is 0 Å². The first kappa shape index (κ1) is 14.2. The van der Waals surface area contributed by atoms with Crippen molar-refractivity contribution < 1.29 is 14.2 Å². The largest absolute Gasteiger partial charge is 0.388 e. The van der Waals surface area contributed by atoms with E-state index in [0.717, 1.165) is 5.69 Å². The van der Waals surface area contributed by atoms with Gasteiger partial charge in [0, 0.05) is 57.4 Å². The molecule has 3 N–H and O–H groups in total. The second-order valence-corrected chi connectivity index (χ2v) is 5.13. The van der Waals surface area contributed by atoms with E-state index in [0.29, 0.717) is 38.2 Å². The monoisotopic (exact) mass is 268 g/mol. The Morgan fingerprint density at radius 2 is 2.11 bits per heavy atom. The van der Waals surface area contributed by atoms with Crippen molar-refractivity contribution >= 4 is 5.69 Å². The van der Waals surface area contributed by atoms with Gasteiger partial charge < -0.3 is 20.5 Å². The first-order valence-electron chi connectivity index (χ1n) is 6.54. The number of anilines is 1. The van der Waals surface area contributed by atoms with Gasteiger partial charge in [0.05, 0.1) is 5.60 Å². The molecule has 5 heteroatoms. The van der Waals surface area contributed by atoms with E-state index in [4.69, 9.17) is 10.5 Å². The van der Waals surface area contributed by atoms with Crippen molar-refractivity contribution in [2.24, 2.45) is 5.73 Å². The number of nitrogens with zero attached hydrogens (tertiary/aromatic N) is 1. The summed E-state index contributed by atoms with van der Waals surface area (Å²) in [5, 5.41) is 10.5. The Bertz CT molecular complexity index is 433. The summed E-state index contributed by atoms with van der Waals surface area (Å²) in [6.45, 7) is 1.73. The summed E-state index contributed by atoms with van der Waals surface area (Å²) < 4.78 is 19.0. The van der Waals surface area contributed by atoms with Gasteiger partial charge in [-0.25, -0.2) is 4.39 Å². The first-order valence-corrected chi connectivity index (χ1v) is 6.54. The Morgan fingerprint density at radius 3 is 2.74 bits per heavy atom. The molecular weight excluding hydrogens is 247 g/mol. The zero-order chi connectivity index (χ0) is 13.9. The van der Waals surface area contributed by atoms with Gasteiger partial charge in [-0.2, -0.15) is 0 Å². The highest BCUT2D eigenvalue weighted by Gasteiger charge is 2.31. The van der Waals surface area contributed by atoms with Gasteiger partial charge in [0.15, 0.2) is 0 Å². The Balaban J connectivity index is 2.15. The number of nitrogens with two attached hydrogens (primary N) is 1. The quantitative estimate of drug-likeness (QED) is 0.863. The zero-order valence-corrected chi connectivity index (χ0v) is 11.2. The smallest absolute Gasteiger partial charge is 0.129 e. The molecule has 1 heterocycles. The predicted octanol–water partition coefficient (Wildman–Crippen LogP) is 1.26. The van der Waals surface area contributed by atoms with Crippen LogP contribution in [0, 0.1) is 5.82 Å². The van der Waals surface area contributed by atoms with Crippen molar-refractivity contribution in [3.63, 3.8) is 0 Å². The fourth-order valence-corrected chi connectivity index (χ4v) is 2.54. The molecule has 1 aromatic carbocycles. The van der Waals surface area contributed by atoms with Gasteiger partial charge in [-0.1, -0.05) is 6.07 Å². The van der Waals surface area contributed by atoms with Crippen molar-refractivity contribution in [3.8, 4) is 0 Å². The second kappa shape index (κ2) is 5.86. The zero-order valence-electron chi connectivity index (χ0n) is 11.2. The van der Waals surface area contributed by atoms with E-state index in [2.05, 4.69) is 0 Å². The minimum atomic E-state index is -0.773. The Morgan fingerprint density at radius 1 is 1.42 bits per heavy atom. The number of ether oxygens (including phenoxy) is 1. The average molecular weight is 268 g/mol. The third kappa shape index (κ3) is 3.23. The average Bonchev–Trinajstić information content (AvgIpc) is 2.38. The number of benzene rings is 1. The predicted molar refractivity (Wildman–Crippen MR) is 72.6 cm³/mol. The van der Waals surface area contributed by atoms with E-state index < -0.39 is 5.60 Å². The maximum Gasteiger partial charge on any atom is 0.129 e. The van der Waals surface area contributed by atoms with Crippen LogP contribution in [0.15, 0.2) is 18.2 Å².